The minimum atomic E-state index is -2.36. The third kappa shape index (κ3) is 2.13. The van der Waals surface area contributed by atoms with Crippen molar-refractivity contribution in [3.8, 4) is 0 Å². The first-order chi connectivity index (χ1) is 17.8. The smallest absolute Gasteiger partial charge is 0.343 e. The van der Waals surface area contributed by atoms with Crippen LogP contribution in [0.3, 0.4) is 0 Å². The molecule has 6 aliphatic rings. The van der Waals surface area contributed by atoms with Gasteiger partial charge in [0.05, 0.1) is 29.5 Å². The predicted molar refractivity (Wildman–Crippen MR) is 122 cm³/mol. The average Bonchev–Trinajstić information content (AvgIpc) is 3.55. The van der Waals surface area contributed by atoms with Crippen LogP contribution in [0.25, 0.3) is 0 Å². The lowest BCUT2D eigenvalue weighted by Gasteiger charge is -2.48. The van der Waals surface area contributed by atoms with E-state index in [1.54, 1.807) is 0 Å². The van der Waals surface area contributed by atoms with E-state index in [-0.39, 0.29) is 6.61 Å². The van der Waals surface area contributed by atoms with Crippen LogP contribution in [-0.4, -0.2) is 81.2 Å². The fraction of sp³-hybridized carbons (Fsp3) is 0.667. The van der Waals surface area contributed by atoms with E-state index in [1.165, 1.54) is 6.92 Å². The lowest BCUT2D eigenvalue weighted by Crippen LogP contribution is -2.67. The molecule has 0 bridgehead atoms. The second-order valence-electron chi connectivity index (χ2n) is 12.6. The number of aliphatic hydroxyl groups is 3. The Morgan fingerprint density at radius 3 is 2.32 bits per heavy atom. The van der Waals surface area contributed by atoms with Gasteiger partial charge in [-0.1, -0.05) is 51.1 Å². The van der Waals surface area contributed by atoms with Crippen LogP contribution in [0.4, 0.5) is 0 Å². The molecule has 0 radical (unpaired) electrons. The van der Waals surface area contributed by atoms with Crippen molar-refractivity contribution in [2.75, 3.05) is 0 Å². The Morgan fingerprint density at radius 2 is 1.66 bits per heavy atom. The molecule has 1 aromatic carbocycles. The zero-order valence-corrected chi connectivity index (χ0v) is 21.3. The van der Waals surface area contributed by atoms with Crippen molar-refractivity contribution < 1.29 is 53.4 Å². The summed E-state index contributed by atoms with van der Waals surface area (Å²) in [5, 5.41) is 36.1. The van der Waals surface area contributed by atoms with Crippen LogP contribution in [0.5, 0.6) is 0 Å². The zero-order chi connectivity index (χ0) is 27.2. The van der Waals surface area contributed by atoms with Gasteiger partial charge < -0.3 is 39.0 Å². The highest BCUT2D eigenvalue weighted by Crippen LogP contribution is 2.84. The van der Waals surface area contributed by atoms with Gasteiger partial charge in [0.15, 0.2) is 17.8 Å². The molecular formula is C27H30O11. The first kappa shape index (κ1) is 24.5. The number of fused-ring (bicyclic) bond motifs is 1. The summed E-state index contributed by atoms with van der Waals surface area (Å²) in [7, 11) is 0. The second-order valence-corrected chi connectivity index (χ2v) is 12.6. The van der Waals surface area contributed by atoms with E-state index in [4.69, 9.17) is 23.7 Å². The van der Waals surface area contributed by atoms with Gasteiger partial charge in [-0.25, -0.2) is 9.59 Å². The quantitative estimate of drug-likeness (QED) is 0.352. The van der Waals surface area contributed by atoms with Crippen molar-refractivity contribution in [3.63, 3.8) is 0 Å². The number of hydrogen-bond acceptors (Lipinski definition) is 11. The van der Waals surface area contributed by atoms with Crippen LogP contribution in [0.1, 0.15) is 33.3 Å². The molecule has 4 saturated heterocycles. The van der Waals surface area contributed by atoms with Crippen molar-refractivity contribution in [1.82, 2.24) is 0 Å². The molecule has 2 aliphatic carbocycles. The molecule has 3 N–H and O–H groups in total. The summed E-state index contributed by atoms with van der Waals surface area (Å²) in [6, 6.07) is 9.11. The molecule has 0 aromatic heterocycles. The third-order valence-electron chi connectivity index (χ3n) is 10.2. The summed E-state index contributed by atoms with van der Waals surface area (Å²) in [4.78, 5) is 40.0. The molecule has 1 aromatic rings. The largest absolute Gasteiger partial charge is 0.456 e. The van der Waals surface area contributed by atoms with Crippen molar-refractivity contribution in [2.24, 2.45) is 28.1 Å². The number of benzene rings is 1. The number of aliphatic hydroxyl groups excluding tert-OH is 2. The lowest BCUT2D eigenvalue weighted by molar-refractivity contribution is -0.240. The minimum Gasteiger partial charge on any atom is -0.456 e. The molecule has 7 rings (SSSR count). The maximum Gasteiger partial charge on any atom is 0.343 e. The average molecular weight is 531 g/mol. The summed E-state index contributed by atoms with van der Waals surface area (Å²) in [6.45, 7) is 6.92. The van der Waals surface area contributed by atoms with Crippen LogP contribution >= 0.6 is 0 Å². The van der Waals surface area contributed by atoms with Crippen LogP contribution in [-0.2, 0) is 44.7 Å². The summed E-state index contributed by atoms with van der Waals surface area (Å²) in [6.07, 6.45) is -8.97. The van der Waals surface area contributed by atoms with Gasteiger partial charge in [0.2, 0.25) is 11.9 Å². The summed E-state index contributed by atoms with van der Waals surface area (Å²) < 4.78 is 29.6. The Labute approximate surface area is 217 Å². The lowest BCUT2D eigenvalue weighted by atomic mass is 9.51. The Kier molecular flexibility index (Phi) is 4.47. The van der Waals surface area contributed by atoms with E-state index in [9.17, 15) is 29.7 Å². The number of ether oxygens (including phenoxy) is 5. The third-order valence-corrected chi connectivity index (χ3v) is 10.2. The Morgan fingerprint density at radius 1 is 0.974 bits per heavy atom. The van der Waals surface area contributed by atoms with Crippen molar-refractivity contribution >= 4 is 17.9 Å². The Balaban J connectivity index is 1.50. The van der Waals surface area contributed by atoms with Crippen LogP contribution in [0, 0.1) is 28.1 Å². The molecule has 38 heavy (non-hydrogen) atoms. The van der Waals surface area contributed by atoms with Gasteiger partial charge >= 0.3 is 17.9 Å². The first-order valence-electron chi connectivity index (χ1n) is 12.9. The first-order valence-corrected chi connectivity index (χ1v) is 12.9. The van der Waals surface area contributed by atoms with Crippen molar-refractivity contribution in [1.29, 1.82) is 0 Å². The Hall–Kier alpha value is -2.57. The fourth-order valence-corrected chi connectivity index (χ4v) is 9.20. The molecule has 204 valence electrons. The highest BCUT2D eigenvalue weighted by molar-refractivity contribution is 5.94. The summed E-state index contributed by atoms with van der Waals surface area (Å²) in [5.74, 6) is -4.79. The van der Waals surface area contributed by atoms with E-state index >= 15 is 0 Å². The molecule has 12 atom stereocenters. The molecule has 11 heteroatoms. The number of hydrogen-bond donors (Lipinski definition) is 3. The van der Waals surface area contributed by atoms with Crippen LogP contribution in [0.15, 0.2) is 30.3 Å². The normalized spacial score (nSPS) is 51.8. The molecule has 0 amide bonds. The number of carbonyl (C=O) groups is 3. The van der Waals surface area contributed by atoms with Gasteiger partial charge in [-0.3, -0.25) is 4.79 Å². The molecule has 2 saturated carbocycles. The van der Waals surface area contributed by atoms with Crippen molar-refractivity contribution in [3.05, 3.63) is 35.9 Å². The van der Waals surface area contributed by atoms with E-state index in [0.29, 0.717) is 0 Å². The number of rotatable bonds is 3. The number of esters is 3. The minimum absolute atomic E-state index is 0.0141. The standard InChI is InChI=1S/C27H30O11/c1-11-19(30)35-17-15(29)25-16-13(28)14(23(2,3)4)24(25)18(34-10-12-8-6-5-7-9-12)20(31)37-22(24)38-27(25,21(32)36-16)26(11,17)33/h5-9,11,13-18,22,28-29,33H,10H2,1-4H3/t11-,13+,14?,15?,16?,17?,18-,22?,24?,25?,26-,27?/m1/s1. The van der Waals surface area contributed by atoms with Gasteiger partial charge in [-0.05, 0) is 17.9 Å². The van der Waals surface area contributed by atoms with Gasteiger partial charge in [-0.2, -0.15) is 0 Å². The predicted octanol–water partition coefficient (Wildman–Crippen LogP) is -0.174. The molecule has 6 fully saturated rings. The molecule has 4 heterocycles. The maximum atomic E-state index is 13.8. The fourth-order valence-electron chi connectivity index (χ4n) is 9.20. The molecule has 11 nitrogen and oxygen atoms in total. The highest BCUT2D eigenvalue weighted by atomic mass is 16.8. The van der Waals surface area contributed by atoms with Crippen LogP contribution < -0.4 is 0 Å². The molecule has 2 spiro atoms. The van der Waals surface area contributed by atoms with Gasteiger partial charge in [0.25, 0.3) is 0 Å². The summed E-state index contributed by atoms with van der Waals surface area (Å²) >= 11 is 0. The van der Waals surface area contributed by atoms with Gasteiger partial charge in [-0.15, -0.1) is 0 Å². The summed E-state index contributed by atoms with van der Waals surface area (Å²) in [5.41, 5.74) is -8.32. The van der Waals surface area contributed by atoms with E-state index in [1.807, 2.05) is 51.1 Å². The monoisotopic (exact) mass is 530 g/mol. The van der Waals surface area contributed by atoms with Gasteiger partial charge in [0.1, 0.15) is 12.2 Å². The van der Waals surface area contributed by atoms with E-state index < -0.39 is 94.0 Å². The topological polar surface area (TPSA) is 158 Å². The number of carbonyl (C=O) groups excluding carboxylic acids is 3. The van der Waals surface area contributed by atoms with E-state index in [0.717, 1.165) is 5.56 Å². The Bertz CT molecular complexity index is 1260. The molecular weight excluding hydrogens is 500 g/mol. The molecule has 4 aliphatic heterocycles. The SMILES string of the molecule is C[C@@H]1C(=O)OC2C(O)C34C5OC(=O)C3(OC3OC(=O)[C@@H](OCc6ccccc6)C34C(C(C)(C)C)[C@@H]5O)[C@]21O. The molecule has 8 unspecified atom stereocenters. The maximum absolute atomic E-state index is 13.8. The second kappa shape index (κ2) is 6.95. The van der Waals surface area contributed by atoms with Gasteiger partial charge in [0, 0.05) is 5.92 Å². The van der Waals surface area contributed by atoms with E-state index in [2.05, 4.69) is 0 Å². The zero-order valence-electron chi connectivity index (χ0n) is 21.3. The van der Waals surface area contributed by atoms with Crippen molar-refractivity contribution in [2.45, 2.75) is 82.3 Å². The highest BCUT2D eigenvalue weighted by Gasteiger charge is 3.05. The van der Waals surface area contributed by atoms with Crippen LogP contribution in [0.2, 0.25) is 0 Å².